The van der Waals surface area contributed by atoms with Gasteiger partial charge in [-0.25, -0.2) is 14.6 Å². The van der Waals surface area contributed by atoms with E-state index in [-0.39, 0.29) is 5.56 Å². The van der Waals surface area contributed by atoms with E-state index in [4.69, 9.17) is 9.84 Å². The van der Waals surface area contributed by atoms with Crippen molar-refractivity contribution in [1.29, 1.82) is 0 Å². The van der Waals surface area contributed by atoms with Crippen LogP contribution >= 0.6 is 0 Å². The molecule has 0 bridgehead atoms. The Labute approximate surface area is 150 Å². The molecule has 2 N–H and O–H groups in total. The van der Waals surface area contributed by atoms with Crippen molar-refractivity contribution >= 4 is 23.4 Å². The Morgan fingerprint density at radius 1 is 1.19 bits per heavy atom. The van der Waals surface area contributed by atoms with E-state index in [9.17, 15) is 9.59 Å². The first-order chi connectivity index (χ1) is 12.2. The molecule has 26 heavy (non-hydrogen) atoms. The molecular weight excluding hydrogens is 334 g/mol. The highest BCUT2D eigenvalue weighted by atomic mass is 16.6. The monoisotopic (exact) mass is 353 g/mol. The predicted octanol–water partition coefficient (Wildman–Crippen LogP) is 4.05. The molecule has 1 amide bonds. The lowest BCUT2D eigenvalue weighted by molar-refractivity contribution is 0.0634. The number of nitrogens with one attached hydrogen (secondary N) is 1. The average Bonchev–Trinajstić information content (AvgIpc) is 2.98. The number of rotatable bonds is 3. The van der Waals surface area contributed by atoms with Crippen molar-refractivity contribution in [3.05, 3.63) is 54.4 Å². The Morgan fingerprint density at radius 2 is 1.96 bits per heavy atom. The first-order valence-corrected chi connectivity index (χ1v) is 8.04. The highest BCUT2D eigenvalue weighted by Crippen LogP contribution is 2.24. The summed E-state index contributed by atoms with van der Waals surface area (Å²) in [6, 6.07) is 10.0. The number of ether oxygens (including phenoxy) is 1. The van der Waals surface area contributed by atoms with Crippen LogP contribution in [0.2, 0.25) is 0 Å². The van der Waals surface area contributed by atoms with Crippen LogP contribution in [0, 0.1) is 0 Å². The van der Waals surface area contributed by atoms with Gasteiger partial charge in [0.1, 0.15) is 5.60 Å². The van der Waals surface area contributed by atoms with E-state index >= 15 is 0 Å². The molecule has 2 aromatic heterocycles. The van der Waals surface area contributed by atoms with Crippen LogP contribution in [-0.2, 0) is 4.74 Å². The summed E-state index contributed by atoms with van der Waals surface area (Å²) < 4.78 is 7.03. The molecule has 7 heteroatoms. The standard InChI is InChI=1S/C19H19N3O4/c1-19(2,3)26-18(25)21-14-8-5-9-22-11-15(20-16(14)22)12-6-4-7-13(10-12)17(23)24/h4-11H,1-3H3,(H,21,25)(H,23,24). The summed E-state index contributed by atoms with van der Waals surface area (Å²) in [4.78, 5) is 27.7. The molecule has 1 aromatic carbocycles. The van der Waals surface area contributed by atoms with Crippen molar-refractivity contribution in [3.8, 4) is 11.3 Å². The lowest BCUT2D eigenvalue weighted by Crippen LogP contribution is -2.27. The average molecular weight is 353 g/mol. The number of carbonyl (C=O) groups excluding carboxylic acids is 1. The number of nitrogens with zero attached hydrogens (tertiary/aromatic N) is 2. The molecule has 3 rings (SSSR count). The third-order valence-electron chi connectivity index (χ3n) is 3.52. The molecule has 0 saturated carbocycles. The summed E-state index contributed by atoms with van der Waals surface area (Å²) in [5, 5.41) is 11.8. The van der Waals surface area contributed by atoms with Gasteiger partial charge < -0.3 is 14.2 Å². The van der Waals surface area contributed by atoms with Crippen molar-refractivity contribution in [2.45, 2.75) is 26.4 Å². The number of benzene rings is 1. The molecule has 0 aliphatic rings. The number of carbonyl (C=O) groups is 2. The van der Waals surface area contributed by atoms with Crippen molar-refractivity contribution < 1.29 is 19.4 Å². The topological polar surface area (TPSA) is 92.9 Å². The normalized spacial score (nSPS) is 11.3. The molecule has 0 atom stereocenters. The maximum atomic E-state index is 12.0. The Hall–Kier alpha value is -3.35. The van der Waals surface area contributed by atoms with E-state index in [1.165, 1.54) is 6.07 Å². The van der Waals surface area contributed by atoms with Crippen LogP contribution in [0.4, 0.5) is 10.5 Å². The summed E-state index contributed by atoms with van der Waals surface area (Å²) in [5.41, 5.74) is 1.90. The molecule has 0 aliphatic carbocycles. The lowest BCUT2D eigenvalue weighted by atomic mass is 10.1. The maximum absolute atomic E-state index is 12.0. The molecular formula is C19H19N3O4. The van der Waals surface area contributed by atoms with E-state index < -0.39 is 17.7 Å². The highest BCUT2D eigenvalue weighted by molar-refractivity contribution is 5.91. The molecule has 0 aliphatic heterocycles. The minimum absolute atomic E-state index is 0.187. The number of imidazole rings is 1. The van der Waals surface area contributed by atoms with Gasteiger partial charge in [0.15, 0.2) is 5.65 Å². The molecule has 3 aromatic rings. The third-order valence-corrected chi connectivity index (χ3v) is 3.52. The van der Waals surface area contributed by atoms with E-state index in [0.717, 1.165) is 0 Å². The number of fused-ring (bicyclic) bond motifs is 1. The molecule has 0 radical (unpaired) electrons. The summed E-state index contributed by atoms with van der Waals surface area (Å²) in [6.45, 7) is 5.36. The number of carboxylic acids is 1. The van der Waals surface area contributed by atoms with Crippen molar-refractivity contribution in [3.63, 3.8) is 0 Å². The van der Waals surface area contributed by atoms with Gasteiger partial charge in [-0.2, -0.15) is 0 Å². The van der Waals surface area contributed by atoms with Gasteiger partial charge in [-0.3, -0.25) is 5.32 Å². The van der Waals surface area contributed by atoms with Crippen molar-refractivity contribution in [2.24, 2.45) is 0 Å². The van der Waals surface area contributed by atoms with Gasteiger partial charge in [0.2, 0.25) is 0 Å². The minimum Gasteiger partial charge on any atom is -0.478 e. The minimum atomic E-state index is -0.997. The fourth-order valence-corrected chi connectivity index (χ4v) is 2.47. The second-order valence-electron chi connectivity index (χ2n) is 6.79. The van der Waals surface area contributed by atoms with E-state index in [1.807, 2.05) is 0 Å². The second-order valence-corrected chi connectivity index (χ2v) is 6.79. The zero-order valence-corrected chi connectivity index (χ0v) is 14.7. The number of hydrogen-bond donors (Lipinski definition) is 2. The molecule has 0 unspecified atom stereocenters. The number of aromatic carboxylic acids is 1. The molecule has 134 valence electrons. The number of amides is 1. The fourth-order valence-electron chi connectivity index (χ4n) is 2.47. The molecule has 0 spiro atoms. The number of aromatic nitrogens is 2. The van der Waals surface area contributed by atoms with E-state index in [2.05, 4.69) is 10.3 Å². The Kier molecular flexibility index (Phi) is 4.38. The Morgan fingerprint density at radius 3 is 2.65 bits per heavy atom. The fraction of sp³-hybridized carbons (Fsp3) is 0.211. The number of anilines is 1. The summed E-state index contributed by atoms with van der Waals surface area (Å²) in [7, 11) is 0. The van der Waals surface area contributed by atoms with Crippen molar-refractivity contribution in [1.82, 2.24) is 9.38 Å². The van der Waals surface area contributed by atoms with Crippen LogP contribution in [0.3, 0.4) is 0 Å². The van der Waals surface area contributed by atoms with Gasteiger partial charge in [0.25, 0.3) is 0 Å². The summed E-state index contributed by atoms with van der Waals surface area (Å²) in [6.07, 6.45) is 3.01. The number of hydrogen-bond acceptors (Lipinski definition) is 4. The van der Waals surface area contributed by atoms with Gasteiger partial charge in [-0.1, -0.05) is 12.1 Å². The maximum Gasteiger partial charge on any atom is 0.412 e. The first-order valence-electron chi connectivity index (χ1n) is 8.04. The van der Waals surface area contributed by atoms with E-state index in [1.54, 1.807) is 67.9 Å². The van der Waals surface area contributed by atoms with Gasteiger partial charge >= 0.3 is 12.1 Å². The first kappa shape index (κ1) is 17.5. The molecule has 2 heterocycles. The van der Waals surface area contributed by atoms with Crippen LogP contribution in [0.25, 0.3) is 16.9 Å². The van der Waals surface area contributed by atoms with Crippen LogP contribution in [-0.4, -0.2) is 32.2 Å². The smallest absolute Gasteiger partial charge is 0.412 e. The number of pyridine rings is 1. The lowest BCUT2D eigenvalue weighted by Gasteiger charge is -2.19. The number of carboxylic acid groups (broad SMARTS) is 1. The third kappa shape index (κ3) is 3.83. The highest BCUT2D eigenvalue weighted by Gasteiger charge is 2.18. The molecule has 7 nitrogen and oxygen atoms in total. The predicted molar refractivity (Wildman–Crippen MR) is 97.4 cm³/mol. The van der Waals surface area contributed by atoms with Crippen LogP contribution in [0.5, 0.6) is 0 Å². The SMILES string of the molecule is CC(C)(C)OC(=O)Nc1cccn2cc(-c3cccc(C(=O)O)c3)nc12. The van der Waals surface area contributed by atoms with Crippen molar-refractivity contribution in [2.75, 3.05) is 5.32 Å². The summed E-state index contributed by atoms with van der Waals surface area (Å²) >= 11 is 0. The van der Waals surface area contributed by atoms with Crippen LogP contribution < -0.4 is 5.32 Å². The van der Waals surface area contributed by atoms with Gasteiger partial charge in [-0.15, -0.1) is 0 Å². The Bertz CT molecular complexity index is 986. The quantitative estimate of drug-likeness (QED) is 0.741. The zero-order valence-electron chi connectivity index (χ0n) is 14.7. The molecule has 0 fully saturated rings. The second kappa shape index (κ2) is 6.51. The van der Waals surface area contributed by atoms with Gasteiger partial charge in [0.05, 0.1) is 16.9 Å². The zero-order chi connectivity index (χ0) is 18.9. The van der Waals surface area contributed by atoms with E-state index in [0.29, 0.717) is 22.6 Å². The van der Waals surface area contributed by atoms with Gasteiger partial charge in [-0.05, 0) is 45.0 Å². The largest absolute Gasteiger partial charge is 0.478 e. The van der Waals surface area contributed by atoms with Gasteiger partial charge in [0, 0.05) is 18.0 Å². The summed E-state index contributed by atoms with van der Waals surface area (Å²) in [5.74, 6) is -0.997. The van der Waals surface area contributed by atoms with Crippen LogP contribution in [0.1, 0.15) is 31.1 Å². The molecule has 0 saturated heterocycles. The van der Waals surface area contributed by atoms with Crippen LogP contribution in [0.15, 0.2) is 48.8 Å². The Balaban J connectivity index is 1.96.